The summed E-state index contributed by atoms with van der Waals surface area (Å²) in [5, 5.41) is 9.35. The van der Waals surface area contributed by atoms with E-state index >= 15 is 0 Å². The SMILES string of the molecule is CC12CCC(=O)C=C1C=C(CCC(=O)O)C1C2CCC2(C)C1CC[C@@]21CCC(=O)O1. The van der Waals surface area contributed by atoms with E-state index in [2.05, 4.69) is 19.9 Å². The Hall–Kier alpha value is -1.91. The summed E-state index contributed by atoms with van der Waals surface area (Å²) in [6.07, 6.45) is 11.5. The first-order chi connectivity index (χ1) is 14.2. The van der Waals surface area contributed by atoms with E-state index in [0.29, 0.717) is 37.0 Å². The van der Waals surface area contributed by atoms with Crippen LogP contribution in [0.15, 0.2) is 23.3 Å². The molecule has 1 aliphatic heterocycles. The van der Waals surface area contributed by atoms with Crippen molar-refractivity contribution in [1.82, 2.24) is 0 Å². The van der Waals surface area contributed by atoms with Gasteiger partial charge in [-0.1, -0.05) is 25.5 Å². The number of carboxylic acids is 1. The molecule has 5 nitrogen and oxygen atoms in total. The number of ketones is 1. The average Bonchev–Trinajstić information content (AvgIpc) is 3.21. The molecule has 162 valence electrons. The molecule has 4 aliphatic carbocycles. The van der Waals surface area contributed by atoms with E-state index in [-0.39, 0.29) is 34.6 Å². The van der Waals surface area contributed by atoms with E-state index in [1.807, 2.05) is 6.08 Å². The highest BCUT2D eigenvalue weighted by Gasteiger charge is 2.67. The van der Waals surface area contributed by atoms with Crippen molar-refractivity contribution >= 4 is 17.7 Å². The summed E-state index contributed by atoms with van der Waals surface area (Å²) in [7, 11) is 0. The van der Waals surface area contributed by atoms with Crippen LogP contribution >= 0.6 is 0 Å². The highest BCUT2D eigenvalue weighted by molar-refractivity contribution is 5.92. The molecule has 5 rings (SSSR count). The maximum absolute atomic E-state index is 12.2. The van der Waals surface area contributed by atoms with Gasteiger partial charge < -0.3 is 9.84 Å². The van der Waals surface area contributed by atoms with Crippen LogP contribution in [0.2, 0.25) is 0 Å². The molecular formula is C25H32O5. The number of allylic oxidation sites excluding steroid dienone is 4. The fraction of sp³-hybridized carbons (Fsp3) is 0.720. The van der Waals surface area contributed by atoms with E-state index in [4.69, 9.17) is 4.74 Å². The van der Waals surface area contributed by atoms with Gasteiger partial charge in [0.25, 0.3) is 0 Å². The summed E-state index contributed by atoms with van der Waals surface area (Å²) in [5.74, 6) is 0.493. The summed E-state index contributed by atoms with van der Waals surface area (Å²) in [6, 6.07) is 0. The summed E-state index contributed by atoms with van der Waals surface area (Å²) >= 11 is 0. The van der Waals surface area contributed by atoms with Gasteiger partial charge in [0.15, 0.2) is 5.78 Å². The van der Waals surface area contributed by atoms with Crippen LogP contribution in [-0.2, 0) is 19.1 Å². The van der Waals surface area contributed by atoms with E-state index < -0.39 is 5.97 Å². The molecule has 6 atom stereocenters. The van der Waals surface area contributed by atoms with Gasteiger partial charge in [0.1, 0.15) is 5.60 Å². The molecule has 3 fully saturated rings. The zero-order valence-corrected chi connectivity index (χ0v) is 18.0. The van der Waals surface area contributed by atoms with E-state index in [1.54, 1.807) is 0 Å². The molecule has 0 bridgehead atoms. The summed E-state index contributed by atoms with van der Waals surface area (Å²) < 4.78 is 6.03. The number of esters is 1. The minimum atomic E-state index is -0.777. The molecule has 1 spiro atoms. The molecule has 0 aromatic rings. The lowest BCUT2D eigenvalue weighted by atomic mass is 9.46. The number of ether oxygens (including phenoxy) is 1. The van der Waals surface area contributed by atoms with Gasteiger partial charge in [0.05, 0.1) is 0 Å². The number of carboxylic acid groups (broad SMARTS) is 1. The maximum atomic E-state index is 12.2. The second kappa shape index (κ2) is 6.54. The molecule has 5 unspecified atom stereocenters. The van der Waals surface area contributed by atoms with E-state index in [9.17, 15) is 19.5 Å². The van der Waals surface area contributed by atoms with Gasteiger partial charge in [0.2, 0.25) is 0 Å². The lowest BCUT2D eigenvalue weighted by molar-refractivity contribution is -0.165. The number of rotatable bonds is 3. The number of carbonyl (C=O) groups is 3. The van der Waals surface area contributed by atoms with Gasteiger partial charge >= 0.3 is 11.9 Å². The van der Waals surface area contributed by atoms with Crippen molar-refractivity contribution in [3.63, 3.8) is 0 Å². The second-order valence-electron chi connectivity index (χ2n) is 10.8. The molecule has 0 aromatic carbocycles. The lowest BCUT2D eigenvalue weighted by Gasteiger charge is -2.58. The molecule has 5 heteroatoms. The number of hydrogen-bond donors (Lipinski definition) is 1. The van der Waals surface area contributed by atoms with Gasteiger partial charge in [-0.25, -0.2) is 0 Å². The molecule has 0 amide bonds. The first-order valence-electron chi connectivity index (χ1n) is 11.6. The molecule has 2 saturated carbocycles. The normalized spacial score (nSPS) is 44.7. The van der Waals surface area contributed by atoms with Crippen molar-refractivity contribution in [3.8, 4) is 0 Å². The Labute approximate surface area is 177 Å². The Balaban J connectivity index is 1.58. The Bertz CT molecular complexity index is 884. The Morgan fingerprint density at radius 1 is 1.07 bits per heavy atom. The topological polar surface area (TPSA) is 80.7 Å². The van der Waals surface area contributed by atoms with Crippen molar-refractivity contribution in [2.45, 2.75) is 83.7 Å². The van der Waals surface area contributed by atoms with Crippen LogP contribution in [0.3, 0.4) is 0 Å². The number of fused-ring (bicyclic) bond motifs is 6. The van der Waals surface area contributed by atoms with Crippen molar-refractivity contribution in [3.05, 3.63) is 23.3 Å². The van der Waals surface area contributed by atoms with Crippen molar-refractivity contribution < 1.29 is 24.2 Å². The summed E-state index contributed by atoms with van der Waals surface area (Å²) in [5.41, 5.74) is 1.92. The van der Waals surface area contributed by atoms with Crippen LogP contribution in [0, 0.1) is 28.6 Å². The van der Waals surface area contributed by atoms with Crippen molar-refractivity contribution in [1.29, 1.82) is 0 Å². The van der Waals surface area contributed by atoms with Crippen LogP contribution in [0.1, 0.15) is 78.1 Å². The van der Waals surface area contributed by atoms with Crippen LogP contribution in [-0.4, -0.2) is 28.4 Å². The highest BCUT2D eigenvalue weighted by Crippen LogP contribution is 2.70. The number of aliphatic carboxylic acids is 1. The molecular weight excluding hydrogens is 380 g/mol. The zero-order valence-electron chi connectivity index (χ0n) is 18.0. The Morgan fingerprint density at radius 2 is 1.83 bits per heavy atom. The van der Waals surface area contributed by atoms with E-state index in [0.717, 1.165) is 44.1 Å². The molecule has 5 aliphatic rings. The molecule has 1 saturated heterocycles. The second-order valence-corrected chi connectivity index (χ2v) is 10.8. The van der Waals surface area contributed by atoms with Gasteiger partial charge in [-0.2, -0.15) is 0 Å². The third-order valence-corrected chi connectivity index (χ3v) is 9.68. The molecule has 0 radical (unpaired) electrons. The van der Waals surface area contributed by atoms with Crippen LogP contribution < -0.4 is 0 Å². The van der Waals surface area contributed by atoms with Crippen LogP contribution in [0.4, 0.5) is 0 Å². The first kappa shape index (κ1) is 20.0. The number of carbonyl (C=O) groups excluding carboxylic acids is 2. The maximum Gasteiger partial charge on any atom is 0.306 e. The summed E-state index contributed by atoms with van der Waals surface area (Å²) in [4.78, 5) is 35.6. The largest absolute Gasteiger partial charge is 0.481 e. The van der Waals surface area contributed by atoms with Gasteiger partial charge in [-0.3, -0.25) is 14.4 Å². The van der Waals surface area contributed by atoms with Crippen molar-refractivity contribution in [2.75, 3.05) is 0 Å². The van der Waals surface area contributed by atoms with Gasteiger partial charge in [-0.05, 0) is 79.8 Å². The van der Waals surface area contributed by atoms with Crippen LogP contribution in [0.5, 0.6) is 0 Å². The molecule has 0 aromatic heterocycles. The molecule has 1 heterocycles. The Morgan fingerprint density at radius 3 is 2.53 bits per heavy atom. The lowest BCUT2D eigenvalue weighted by Crippen LogP contribution is -2.54. The first-order valence-corrected chi connectivity index (χ1v) is 11.6. The third-order valence-electron chi connectivity index (χ3n) is 9.68. The monoisotopic (exact) mass is 412 g/mol. The fourth-order valence-corrected chi connectivity index (χ4v) is 8.00. The standard InChI is InChI=1S/C25H32O5/c1-23-9-5-17(26)14-16(23)13-15(3-4-20(27)28)22-18(23)6-10-24(2)19(22)7-11-25(24)12-8-21(29)30-25/h13-14,18-19,22H,3-12H2,1-2H3,(H,27,28)/t18?,19?,22?,23?,24?,25-/m1/s1. The van der Waals surface area contributed by atoms with Gasteiger partial charge in [0, 0.05) is 24.7 Å². The quantitative estimate of drug-likeness (QED) is 0.685. The predicted molar refractivity (Wildman–Crippen MR) is 110 cm³/mol. The predicted octanol–water partition coefficient (Wildman–Crippen LogP) is 4.61. The Kier molecular flexibility index (Phi) is 4.37. The van der Waals surface area contributed by atoms with Crippen LogP contribution in [0.25, 0.3) is 0 Å². The van der Waals surface area contributed by atoms with E-state index in [1.165, 1.54) is 5.57 Å². The average molecular weight is 413 g/mol. The zero-order chi connectivity index (χ0) is 21.3. The van der Waals surface area contributed by atoms with Gasteiger partial charge in [-0.15, -0.1) is 0 Å². The fourth-order valence-electron chi connectivity index (χ4n) is 8.00. The number of hydrogen-bond acceptors (Lipinski definition) is 4. The summed E-state index contributed by atoms with van der Waals surface area (Å²) in [6.45, 7) is 4.64. The smallest absolute Gasteiger partial charge is 0.306 e. The molecule has 30 heavy (non-hydrogen) atoms. The van der Waals surface area contributed by atoms with Crippen molar-refractivity contribution in [2.24, 2.45) is 28.6 Å². The minimum absolute atomic E-state index is 0.0191. The molecule has 1 N–H and O–H groups in total. The minimum Gasteiger partial charge on any atom is -0.481 e. The third kappa shape index (κ3) is 2.63. The highest BCUT2D eigenvalue weighted by atomic mass is 16.6.